The number of benzene rings is 4. The number of imide groups is 2. The smallest absolute Gasteiger partial charge is 0.376 e. The van der Waals surface area contributed by atoms with Crippen molar-refractivity contribution in [2.75, 3.05) is 39.8 Å². The Bertz CT molecular complexity index is 2680. The standard InChI is InChI=1S/C24H23N5O3.C13H20N4.C12H9NO5/c1-15-11-28(12-16-7-3-2-4-8-16)13-19(15)21-25-22(30)20(26-27-21)14-29-23(31)17-9-5-6-10-18(17)24(29)32;1-10-7-17(9-12(10)13(14)16-15)8-11-5-3-2-4-6-11;1-18-12(17)9(14)6-13-10(15)7-4-2-3-5-8(7)11(13)16/h2-10,15,19H,11-14H2,1H3,(H,25,27,30);2-6,10,12H,7-9,15H2,1H3,(H2,14,16);2-5H,6H2,1H3. The van der Waals surface area contributed by atoms with Crippen molar-refractivity contribution < 1.29 is 33.5 Å². The largest absolute Gasteiger partial charge is 0.463 e. The fourth-order valence-corrected chi connectivity index (χ4v) is 8.79. The second-order valence-corrected chi connectivity index (χ2v) is 17.0. The highest BCUT2D eigenvalue weighted by atomic mass is 16.5. The van der Waals surface area contributed by atoms with Gasteiger partial charge in [0.05, 0.1) is 42.5 Å². The number of H-pyrrole nitrogens is 1. The minimum atomic E-state index is -1.08. The van der Waals surface area contributed by atoms with Crippen molar-refractivity contribution in [1.29, 1.82) is 0 Å². The zero-order valence-electron chi connectivity index (χ0n) is 37.4. The number of ketones is 1. The molecule has 4 unspecified atom stereocenters. The summed E-state index contributed by atoms with van der Waals surface area (Å²) < 4.78 is 4.23. The number of nitrogens with zero attached hydrogens (tertiary/aromatic N) is 7. The van der Waals surface area contributed by atoms with Crippen LogP contribution in [0.25, 0.3) is 0 Å². The second-order valence-electron chi connectivity index (χ2n) is 17.0. The first-order valence-corrected chi connectivity index (χ1v) is 21.8. The molecule has 4 aromatic carbocycles. The summed E-state index contributed by atoms with van der Waals surface area (Å²) in [5.41, 5.74) is 9.20. The van der Waals surface area contributed by atoms with E-state index in [0.29, 0.717) is 40.5 Å². The Morgan fingerprint density at radius 1 is 0.642 bits per heavy atom. The topological polar surface area (TPSA) is 248 Å². The summed E-state index contributed by atoms with van der Waals surface area (Å²) in [5, 5.41) is 12.0. The molecule has 5 N–H and O–H groups in total. The second kappa shape index (κ2) is 21.1. The number of aromatic amines is 1. The van der Waals surface area contributed by atoms with Crippen molar-refractivity contribution in [3.8, 4) is 0 Å². The number of esters is 1. The minimum Gasteiger partial charge on any atom is -0.463 e. The van der Waals surface area contributed by atoms with Gasteiger partial charge >= 0.3 is 5.97 Å². The lowest BCUT2D eigenvalue weighted by Gasteiger charge is -2.16. The molecule has 0 spiro atoms. The Balaban J connectivity index is 0.000000162. The van der Waals surface area contributed by atoms with Crippen molar-refractivity contribution in [3.05, 3.63) is 164 Å². The molecular formula is C49H52N10O8. The first-order chi connectivity index (χ1) is 32.3. The van der Waals surface area contributed by atoms with Gasteiger partial charge in [-0.05, 0) is 47.2 Å². The number of Topliss-reactive ketones (excluding diaryl/α,β-unsaturated/α-hetero) is 1. The number of rotatable bonds is 11. The maximum absolute atomic E-state index is 12.7. The quantitative estimate of drug-likeness (QED) is 0.0328. The highest BCUT2D eigenvalue weighted by Crippen LogP contribution is 2.31. The highest BCUT2D eigenvalue weighted by Gasteiger charge is 2.39. The van der Waals surface area contributed by atoms with E-state index in [-0.39, 0.29) is 29.3 Å². The number of ether oxygens (including phenoxy) is 1. The van der Waals surface area contributed by atoms with Gasteiger partial charge in [-0.1, -0.05) is 98.8 Å². The van der Waals surface area contributed by atoms with E-state index in [1.807, 2.05) is 24.3 Å². The number of nitrogens with two attached hydrogens (primary N) is 2. The number of likely N-dealkylation sites (tertiary alicyclic amines) is 2. The van der Waals surface area contributed by atoms with Crippen molar-refractivity contribution in [3.63, 3.8) is 0 Å². The third-order valence-electron chi connectivity index (χ3n) is 12.3. The Labute approximate surface area is 386 Å². The predicted molar refractivity (Wildman–Crippen MR) is 246 cm³/mol. The maximum atomic E-state index is 12.7. The Morgan fingerprint density at radius 2 is 1.10 bits per heavy atom. The molecule has 5 aromatic rings. The number of fused-ring (bicyclic) bond motifs is 2. The molecule has 2 saturated heterocycles. The number of carbonyl (C=O) groups excluding carboxylic acids is 6. The number of aromatic nitrogens is 3. The van der Waals surface area contributed by atoms with E-state index in [1.54, 1.807) is 36.4 Å². The summed E-state index contributed by atoms with van der Waals surface area (Å²) in [6.07, 6.45) is 0. The number of hydrazone groups is 1. The lowest BCUT2D eigenvalue weighted by molar-refractivity contribution is -0.151. The number of hydrogen-bond acceptors (Lipinski definition) is 14. The molecule has 2 fully saturated rings. The summed E-state index contributed by atoms with van der Waals surface area (Å²) >= 11 is 0. The summed E-state index contributed by atoms with van der Waals surface area (Å²) in [4.78, 5) is 93.3. The van der Waals surface area contributed by atoms with Gasteiger partial charge in [0.25, 0.3) is 35.0 Å². The summed E-state index contributed by atoms with van der Waals surface area (Å²) in [6, 6.07) is 33.6. The number of amidine groups is 1. The van der Waals surface area contributed by atoms with Gasteiger partial charge in [-0.15, -0.1) is 10.2 Å². The van der Waals surface area contributed by atoms with Gasteiger partial charge in [0.2, 0.25) is 0 Å². The van der Waals surface area contributed by atoms with Crippen molar-refractivity contribution >= 4 is 41.2 Å². The molecule has 346 valence electrons. The van der Waals surface area contributed by atoms with Crippen LogP contribution in [0.4, 0.5) is 0 Å². The molecular weight excluding hydrogens is 857 g/mol. The normalized spacial score (nSPS) is 20.2. The highest BCUT2D eigenvalue weighted by molar-refractivity contribution is 6.36. The van der Waals surface area contributed by atoms with Crippen LogP contribution in [0.15, 0.2) is 119 Å². The number of carbonyl (C=O) groups is 6. The van der Waals surface area contributed by atoms with Gasteiger partial charge in [-0.2, -0.15) is 5.10 Å². The molecule has 0 radical (unpaired) electrons. The Morgan fingerprint density at radius 3 is 1.58 bits per heavy atom. The van der Waals surface area contributed by atoms with Crippen LogP contribution in [0.1, 0.15) is 83.8 Å². The van der Waals surface area contributed by atoms with E-state index in [4.69, 9.17) is 11.6 Å². The Kier molecular flexibility index (Phi) is 14.9. The molecule has 67 heavy (non-hydrogen) atoms. The van der Waals surface area contributed by atoms with Crippen molar-refractivity contribution in [2.24, 2.45) is 34.4 Å². The molecule has 4 amide bonds. The Hall–Kier alpha value is -7.70. The van der Waals surface area contributed by atoms with Crippen LogP contribution in [0, 0.1) is 17.8 Å². The van der Waals surface area contributed by atoms with Crippen LogP contribution in [-0.4, -0.2) is 116 Å². The van der Waals surface area contributed by atoms with Crippen molar-refractivity contribution in [1.82, 2.24) is 34.8 Å². The average Bonchev–Trinajstić information content (AvgIpc) is 4.04. The van der Waals surface area contributed by atoms with Gasteiger partial charge in [0, 0.05) is 51.1 Å². The molecule has 4 aliphatic heterocycles. The third-order valence-corrected chi connectivity index (χ3v) is 12.3. The third kappa shape index (κ3) is 10.7. The van der Waals surface area contributed by atoms with E-state index >= 15 is 0 Å². The molecule has 0 aliphatic carbocycles. The fourth-order valence-electron chi connectivity index (χ4n) is 8.79. The van der Waals surface area contributed by atoms with Crippen LogP contribution in [-0.2, 0) is 34.0 Å². The predicted octanol–water partition coefficient (Wildman–Crippen LogP) is 3.21. The average molecular weight is 909 g/mol. The van der Waals surface area contributed by atoms with Gasteiger partial charge in [-0.3, -0.25) is 48.4 Å². The lowest BCUT2D eigenvalue weighted by Crippen LogP contribution is -2.37. The van der Waals surface area contributed by atoms with E-state index in [9.17, 15) is 33.6 Å². The van der Waals surface area contributed by atoms with Gasteiger partial charge in [-0.25, -0.2) is 4.79 Å². The van der Waals surface area contributed by atoms with Crippen LogP contribution in [0.3, 0.4) is 0 Å². The van der Waals surface area contributed by atoms with Crippen LogP contribution in [0.5, 0.6) is 0 Å². The molecule has 9 rings (SSSR count). The molecule has 18 heteroatoms. The summed E-state index contributed by atoms with van der Waals surface area (Å²) in [5.74, 6) is 3.56. The van der Waals surface area contributed by atoms with Gasteiger partial charge in [0.1, 0.15) is 17.4 Å². The van der Waals surface area contributed by atoms with E-state index in [0.717, 1.165) is 56.2 Å². The number of hydrogen-bond donors (Lipinski definition) is 3. The van der Waals surface area contributed by atoms with Crippen LogP contribution < -0.4 is 17.1 Å². The van der Waals surface area contributed by atoms with E-state index in [2.05, 4.69) is 85.1 Å². The summed E-state index contributed by atoms with van der Waals surface area (Å²) in [7, 11) is 1.06. The van der Waals surface area contributed by atoms with E-state index in [1.165, 1.54) is 23.3 Å². The first-order valence-electron chi connectivity index (χ1n) is 21.8. The van der Waals surface area contributed by atoms with E-state index < -0.39 is 47.5 Å². The SMILES string of the molecule is CC1CN(Cc2ccccc2)CC1C(N)=NN.CC1CN(Cc2ccccc2)CC1c1nnc(CN2C(=O)c3ccccc3C2=O)c(=O)[nH]1.COC(=O)C(=O)CN1C(=O)c2ccccc2C1=O. The molecule has 4 atom stereocenters. The molecule has 5 heterocycles. The maximum Gasteiger partial charge on any atom is 0.376 e. The molecule has 1 aromatic heterocycles. The summed E-state index contributed by atoms with van der Waals surface area (Å²) in [6.45, 7) is 9.04. The number of amides is 4. The minimum absolute atomic E-state index is 0.0510. The molecule has 18 nitrogen and oxygen atoms in total. The van der Waals surface area contributed by atoms with Gasteiger partial charge in [0.15, 0.2) is 0 Å². The molecule has 0 bridgehead atoms. The van der Waals surface area contributed by atoms with Crippen LogP contribution >= 0.6 is 0 Å². The first kappa shape index (κ1) is 47.3. The lowest BCUT2D eigenvalue weighted by atomic mass is 9.97. The molecule has 0 saturated carbocycles. The zero-order chi connectivity index (χ0) is 47.8. The fraction of sp³-hybridized carbons (Fsp3) is 0.306. The van der Waals surface area contributed by atoms with Crippen LogP contribution in [0.2, 0.25) is 0 Å². The molecule has 4 aliphatic rings. The van der Waals surface area contributed by atoms with Crippen molar-refractivity contribution in [2.45, 2.75) is 39.4 Å². The van der Waals surface area contributed by atoms with Gasteiger partial charge < -0.3 is 21.3 Å². The zero-order valence-corrected chi connectivity index (χ0v) is 37.4. The monoisotopic (exact) mass is 908 g/mol. The number of methoxy groups -OCH3 is 1. The number of nitrogens with one attached hydrogen (secondary N) is 1.